The number of halogens is 1. The Balaban J connectivity index is 2.63. The van der Waals surface area contributed by atoms with Crippen LogP contribution >= 0.6 is 22.6 Å². The molecule has 0 aliphatic carbocycles. The van der Waals surface area contributed by atoms with Crippen molar-refractivity contribution in [2.24, 2.45) is 7.05 Å². The van der Waals surface area contributed by atoms with Gasteiger partial charge in [0, 0.05) is 12.6 Å². The molecule has 3 nitrogen and oxygen atoms in total. The lowest BCUT2D eigenvalue weighted by atomic mass is 10.1. The fraction of sp³-hybridized carbons (Fsp3) is 0.182. The second kappa shape index (κ2) is 4.32. The number of aryl methyl sites for hydroxylation is 1. The molecule has 1 aromatic heterocycles. The van der Waals surface area contributed by atoms with Crippen molar-refractivity contribution in [3.05, 3.63) is 39.6 Å². The van der Waals surface area contributed by atoms with Crippen LogP contribution in [-0.4, -0.2) is 14.9 Å². The molecule has 0 radical (unpaired) electrons. The third-order valence-electron chi connectivity index (χ3n) is 2.34. The third-order valence-corrected chi connectivity index (χ3v) is 3.13. The average molecular weight is 314 g/mol. The monoisotopic (exact) mass is 314 g/mol. The number of nitrogens with zero attached hydrogens (tertiary/aromatic N) is 2. The highest BCUT2D eigenvalue weighted by atomic mass is 127. The van der Waals surface area contributed by atoms with Gasteiger partial charge in [-0.15, -0.1) is 0 Å². The predicted molar refractivity (Wildman–Crippen MR) is 67.3 cm³/mol. The maximum Gasteiger partial charge on any atom is 0.0816 e. The SMILES string of the molecule is Cn1ncc(I)c1-c1ccccc1CO. The van der Waals surface area contributed by atoms with Gasteiger partial charge in [-0.1, -0.05) is 24.3 Å². The minimum absolute atomic E-state index is 0.0530. The van der Waals surface area contributed by atoms with Crippen LogP contribution in [0.5, 0.6) is 0 Å². The molecule has 0 fully saturated rings. The Morgan fingerprint density at radius 2 is 2.13 bits per heavy atom. The van der Waals surface area contributed by atoms with E-state index in [-0.39, 0.29) is 6.61 Å². The summed E-state index contributed by atoms with van der Waals surface area (Å²) in [5.41, 5.74) is 3.03. The third kappa shape index (κ3) is 1.91. The summed E-state index contributed by atoms with van der Waals surface area (Å²) >= 11 is 2.25. The Kier molecular flexibility index (Phi) is 3.06. The normalized spacial score (nSPS) is 10.6. The second-order valence-electron chi connectivity index (χ2n) is 3.28. The van der Waals surface area contributed by atoms with E-state index in [9.17, 15) is 5.11 Å². The molecular weight excluding hydrogens is 303 g/mol. The van der Waals surface area contributed by atoms with Gasteiger partial charge in [0.05, 0.1) is 22.1 Å². The minimum Gasteiger partial charge on any atom is -0.392 e. The van der Waals surface area contributed by atoms with E-state index < -0.39 is 0 Å². The molecule has 78 valence electrons. The number of benzene rings is 1. The van der Waals surface area contributed by atoms with Crippen LogP contribution in [0.1, 0.15) is 5.56 Å². The maximum atomic E-state index is 9.27. The van der Waals surface area contributed by atoms with Crippen molar-refractivity contribution in [1.29, 1.82) is 0 Å². The average Bonchev–Trinajstić information content (AvgIpc) is 2.59. The van der Waals surface area contributed by atoms with Gasteiger partial charge in [-0.05, 0) is 28.2 Å². The predicted octanol–water partition coefficient (Wildman–Crippen LogP) is 2.18. The number of rotatable bonds is 2. The van der Waals surface area contributed by atoms with Gasteiger partial charge in [0.1, 0.15) is 0 Å². The molecule has 0 aliphatic heterocycles. The number of hydrogen-bond acceptors (Lipinski definition) is 2. The van der Waals surface area contributed by atoms with Crippen LogP contribution in [0.15, 0.2) is 30.5 Å². The quantitative estimate of drug-likeness (QED) is 0.863. The first-order chi connectivity index (χ1) is 7.24. The van der Waals surface area contributed by atoms with E-state index in [0.717, 1.165) is 20.4 Å². The molecule has 0 unspecified atom stereocenters. The highest BCUT2D eigenvalue weighted by molar-refractivity contribution is 14.1. The molecule has 15 heavy (non-hydrogen) atoms. The van der Waals surface area contributed by atoms with Crippen LogP contribution in [0.4, 0.5) is 0 Å². The Bertz CT molecular complexity index is 460. The van der Waals surface area contributed by atoms with E-state index in [2.05, 4.69) is 27.7 Å². The summed E-state index contributed by atoms with van der Waals surface area (Å²) in [7, 11) is 1.91. The molecule has 0 spiro atoms. The van der Waals surface area contributed by atoms with Crippen LogP contribution in [0, 0.1) is 3.57 Å². The summed E-state index contributed by atoms with van der Waals surface area (Å²) in [5, 5.41) is 13.5. The smallest absolute Gasteiger partial charge is 0.0816 e. The van der Waals surface area contributed by atoms with E-state index in [1.165, 1.54) is 0 Å². The molecule has 0 amide bonds. The van der Waals surface area contributed by atoms with Crippen molar-refractivity contribution in [3.63, 3.8) is 0 Å². The molecule has 0 aliphatic rings. The van der Waals surface area contributed by atoms with E-state index in [1.807, 2.05) is 42.2 Å². The van der Waals surface area contributed by atoms with Crippen LogP contribution in [0.25, 0.3) is 11.3 Å². The molecule has 0 bridgehead atoms. The fourth-order valence-electron chi connectivity index (χ4n) is 1.60. The van der Waals surface area contributed by atoms with Crippen molar-refractivity contribution in [2.45, 2.75) is 6.61 Å². The Labute approximate surface area is 102 Å². The fourth-order valence-corrected chi connectivity index (χ4v) is 2.37. The molecule has 1 aromatic carbocycles. The topological polar surface area (TPSA) is 38.0 Å². The second-order valence-corrected chi connectivity index (χ2v) is 4.44. The van der Waals surface area contributed by atoms with E-state index in [4.69, 9.17) is 0 Å². The van der Waals surface area contributed by atoms with Gasteiger partial charge in [0.15, 0.2) is 0 Å². The lowest BCUT2D eigenvalue weighted by Crippen LogP contribution is -1.97. The summed E-state index contributed by atoms with van der Waals surface area (Å²) in [6, 6.07) is 7.83. The summed E-state index contributed by atoms with van der Waals surface area (Å²) in [6.07, 6.45) is 1.82. The van der Waals surface area contributed by atoms with Gasteiger partial charge in [-0.2, -0.15) is 5.10 Å². The van der Waals surface area contributed by atoms with Crippen LogP contribution < -0.4 is 0 Å². The van der Waals surface area contributed by atoms with E-state index in [0.29, 0.717) is 0 Å². The summed E-state index contributed by atoms with van der Waals surface area (Å²) in [6.45, 7) is 0.0530. The molecule has 0 saturated heterocycles. The zero-order chi connectivity index (χ0) is 10.8. The molecule has 2 aromatic rings. The Hall–Kier alpha value is -0.880. The van der Waals surface area contributed by atoms with Gasteiger partial charge in [-0.25, -0.2) is 0 Å². The minimum atomic E-state index is 0.0530. The van der Waals surface area contributed by atoms with Gasteiger partial charge in [0.2, 0.25) is 0 Å². The molecular formula is C11H11IN2O. The summed E-state index contributed by atoms with van der Waals surface area (Å²) in [4.78, 5) is 0. The highest BCUT2D eigenvalue weighted by Crippen LogP contribution is 2.27. The lowest BCUT2D eigenvalue weighted by Gasteiger charge is -2.08. The lowest BCUT2D eigenvalue weighted by molar-refractivity contribution is 0.282. The first kappa shape index (κ1) is 10.6. The molecule has 1 heterocycles. The Morgan fingerprint density at radius 1 is 1.40 bits per heavy atom. The maximum absolute atomic E-state index is 9.27. The van der Waals surface area contributed by atoms with Crippen molar-refractivity contribution >= 4 is 22.6 Å². The number of hydrogen-bond donors (Lipinski definition) is 1. The van der Waals surface area contributed by atoms with Gasteiger partial charge < -0.3 is 5.11 Å². The van der Waals surface area contributed by atoms with Crippen molar-refractivity contribution < 1.29 is 5.11 Å². The van der Waals surface area contributed by atoms with Crippen LogP contribution in [-0.2, 0) is 13.7 Å². The van der Waals surface area contributed by atoms with Gasteiger partial charge >= 0.3 is 0 Å². The first-order valence-corrected chi connectivity index (χ1v) is 5.68. The molecule has 4 heteroatoms. The molecule has 0 saturated carbocycles. The highest BCUT2D eigenvalue weighted by Gasteiger charge is 2.11. The van der Waals surface area contributed by atoms with E-state index >= 15 is 0 Å². The first-order valence-electron chi connectivity index (χ1n) is 4.60. The van der Waals surface area contributed by atoms with Crippen molar-refractivity contribution in [3.8, 4) is 11.3 Å². The van der Waals surface area contributed by atoms with Crippen LogP contribution in [0.2, 0.25) is 0 Å². The summed E-state index contributed by atoms with van der Waals surface area (Å²) < 4.78 is 2.92. The van der Waals surface area contributed by atoms with Gasteiger partial charge in [-0.3, -0.25) is 4.68 Å². The largest absolute Gasteiger partial charge is 0.392 e. The number of aliphatic hydroxyl groups excluding tert-OH is 1. The van der Waals surface area contributed by atoms with Crippen molar-refractivity contribution in [1.82, 2.24) is 9.78 Å². The number of aromatic nitrogens is 2. The van der Waals surface area contributed by atoms with E-state index in [1.54, 1.807) is 0 Å². The van der Waals surface area contributed by atoms with Crippen LogP contribution in [0.3, 0.4) is 0 Å². The zero-order valence-electron chi connectivity index (χ0n) is 8.31. The standard InChI is InChI=1S/C11H11IN2O/c1-14-11(10(12)6-13-14)9-5-3-2-4-8(9)7-15/h2-6,15H,7H2,1H3. The van der Waals surface area contributed by atoms with Gasteiger partial charge in [0.25, 0.3) is 0 Å². The molecule has 0 atom stereocenters. The molecule has 1 N–H and O–H groups in total. The molecule has 2 rings (SSSR count). The van der Waals surface area contributed by atoms with Crippen molar-refractivity contribution in [2.75, 3.05) is 0 Å². The number of aliphatic hydroxyl groups is 1. The summed E-state index contributed by atoms with van der Waals surface area (Å²) in [5.74, 6) is 0. The zero-order valence-corrected chi connectivity index (χ0v) is 10.5. The Morgan fingerprint density at radius 3 is 2.73 bits per heavy atom.